The molecule has 0 saturated heterocycles. The summed E-state index contributed by atoms with van der Waals surface area (Å²) in [7, 11) is 0. The average Bonchev–Trinajstić information content (AvgIpc) is 3.15. The number of ether oxygens (including phenoxy) is 1. The van der Waals surface area contributed by atoms with Gasteiger partial charge in [-0.05, 0) is 55.2 Å². The van der Waals surface area contributed by atoms with E-state index in [0.29, 0.717) is 31.2 Å². The molecule has 158 valence electrons. The van der Waals surface area contributed by atoms with Crippen molar-refractivity contribution < 1.29 is 9.53 Å². The molecule has 0 aliphatic carbocycles. The summed E-state index contributed by atoms with van der Waals surface area (Å²) in [4.78, 5) is 19.7. The van der Waals surface area contributed by atoms with Crippen LogP contribution in [-0.4, -0.2) is 22.3 Å². The third kappa shape index (κ3) is 5.92. The van der Waals surface area contributed by atoms with Crippen molar-refractivity contribution in [3.05, 3.63) is 79.7 Å². The predicted molar refractivity (Wildman–Crippen MR) is 126 cm³/mol. The minimum atomic E-state index is 0.0196. The van der Waals surface area contributed by atoms with Crippen LogP contribution in [0.15, 0.2) is 52.3 Å². The van der Waals surface area contributed by atoms with Crippen molar-refractivity contribution in [1.29, 1.82) is 0 Å². The summed E-state index contributed by atoms with van der Waals surface area (Å²) < 4.78 is 6.88. The van der Waals surface area contributed by atoms with Gasteiger partial charge in [0.15, 0.2) is 0 Å². The molecule has 3 rings (SSSR count). The topological polar surface area (TPSA) is 42.4 Å². The molecule has 0 unspecified atom stereocenters. The van der Waals surface area contributed by atoms with E-state index in [-0.39, 0.29) is 5.91 Å². The van der Waals surface area contributed by atoms with Crippen LogP contribution < -0.4 is 4.74 Å². The zero-order valence-corrected chi connectivity index (χ0v) is 20.2. The van der Waals surface area contributed by atoms with Gasteiger partial charge in [-0.2, -0.15) is 0 Å². The highest BCUT2D eigenvalue weighted by Crippen LogP contribution is 2.23. The van der Waals surface area contributed by atoms with Crippen molar-refractivity contribution in [2.45, 2.75) is 40.8 Å². The van der Waals surface area contributed by atoms with E-state index in [1.165, 1.54) is 5.56 Å². The molecule has 0 radical (unpaired) electrons. The van der Waals surface area contributed by atoms with E-state index in [9.17, 15) is 4.79 Å². The molecule has 0 fully saturated rings. The van der Waals surface area contributed by atoms with Gasteiger partial charge in [0.25, 0.3) is 5.91 Å². The fourth-order valence-corrected chi connectivity index (χ4v) is 4.26. The molecule has 0 aliphatic rings. The minimum absolute atomic E-state index is 0.0196. The molecule has 4 nitrogen and oxygen atoms in total. The molecule has 0 spiro atoms. The van der Waals surface area contributed by atoms with Gasteiger partial charge in [-0.3, -0.25) is 4.79 Å². The smallest absolute Gasteiger partial charge is 0.254 e. The second-order valence-corrected chi connectivity index (χ2v) is 9.67. The SMILES string of the molecule is Cc1cccc(OCc2nc(CN(CC(C)C)C(=O)c3cccc(Br)c3)cs2)c1C. The average molecular weight is 487 g/mol. The van der Waals surface area contributed by atoms with Crippen LogP contribution in [0.3, 0.4) is 0 Å². The maximum absolute atomic E-state index is 13.1. The second-order valence-electron chi connectivity index (χ2n) is 7.81. The number of halogens is 1. The third-order valence-electron chi connectivity index (χ3n) is 4.80. The van der Waals surface area contributed by atoms with Gasteiger partial charge < -0.3 is 9.64 Å². The van der Waals surface area contributed by atoms with Crippen molar-refractivity contribution in [2.75, 3.05) is 6.54 Å². The zero-order valence-electron chi connectivity index (χ0n) is 17.8. The van der Waals surface area contributed by atoms with E-state index in [0.717, 1.165) is 26.5 Å². The van der Waals surface area contributed by atoms with Gasteiger partial charge in [-0.15, -0.1) is 11.3 Å². The first kappa shape index (κ1) is 22.5. The number of carbonyl (C=O) groups excluding carboxylic acids is 1. The van der Waals surface area contributed by atoms with E-state index >= 15 is 0 Å². The number of carbonyl (C=O) groups is 1. The summed E-state index contributed by atoms with van der Waals surface area (Å²) >= 11 is 5.02. The summed E-state index contributed by atoms with van der Waals surface area (Å²) in [6, 6.07) is 13.6. The predicted octanol–water partition coefficient (Wildman–Crippen LogP) is 6.40. The monoisotopic (exact) mass is 486 g/mol. The van der Waals surface area contributed by atoms with Crippen LogP contribution >= 0.6 is 27.3 Å². The minimum Gasteiger partial charge on any atom is -0.486 e. The number of hydrogen-bond acceptors (Lipinski definition) is 4. The molecule has 3 aromatic rings. The molecule has 0 N–H and O–H groups in total. The lowest BCUT2D eigenvalue weighted by Crippen LogP contribution is -2.33. The molecule has 1 heterocycles. The number of nitrogens with zero attached hydrogens (tertiary/aromatic N) is 2. The zero-order chi connectivity index (χ0) is 21.7. The Morgan fingerprint density at radius 1 is 1.20 bits per heavy atom. The molecule has 0 aliphatic heterocycles. The highest BCUT2D eigenvalue weighted by molar-refractivity contribution is 9.10. The van der Waals surface area contributed by atoms with Crippen molar-refractivity contribution >= 4 is 33.2 Å². The molecule has 0 saturated carbocycles. The molecule has 0 atom stereocenters. The van der Waals surface area contributed by atoms with Crippen molar-refractivity contribution in [3.8, 4) is 5.75 Å². The van der Waals surface area contributed by atoms with E-state index < -0.39 is 0 Å². The Morgan fingerprint density at radius 3 is 2.70 bits per heavy atom. The number of benzene rings is 2. The fraction of sp³-hybridized carbons (Fsp3) is 0.333. The Morgan fingerprint density at radius 2 is 1.97 bits per heavy atom. The quantitative estimate of drug-likeness (QED) is 0.369. The molecule has 6 heteroatoms. The van der Waals surface area contributed by atoms with E-state index in [1.807, 2.05) is 46.7 Å². The van der Waals surface area contributed by atoms with Gasteiger partial charge >= 0.3 is 0 Å². The Balaban J connectivity index is 1.69. The van der Waals surface area contributed by atoms with E-state index in [1.54, 1.807) is 11.3 Å². The standard InChI is InChI=1S/C24H27BrN2O2S/c1-16(2)12-27(24(28)19-8-6-9-20(25)11-19)13-21-15-30-23(26-21)14-29-22-10-5-7-17(3)18(22)4/h5-11,15-16H,12-14H2,1-4H3. The van der Waals surface area contributed by atoms with Crippen LogP contribution in [0, 0.1) is 19.8 Å². The van der Waals surface area contributed by atoms with Gasteiger partial charge in [0.2, 0.25) is 0 Å². The maximum Gasteiger partial charge on any atom is 0.254 e. The number of thiazole rings is 1. The molecular weight excluding hydrogens is 460 g/mol. The van der Waals surface area contributed by atoms with Crippen molar-refractivity contribution in [3.63, 3.8) is 0 Å². The van der Waals surface area contributed by atoms with Crippen molar-refractivity contribution in [2.24, 2.45) is 5.92 Å². The van der Waals surface area contributed by atoms with Gasteiger partial charge in [0.05, 0.1) is 12.2 Å². The lowest BCUT2D eigenvalue weighted by atomic mass is 10.1. The summed E-state index contributed by atoms with van der Waals surface area (Å²) in [6.45, 7) is 9.97. The largest absolute Gasteiger partial charge is 0.486 e. The molecule has 2 aromatic carbocycles. The Bertz CT molecular complexity index is 1020. The van der Waals surface area contributed by atoms with Gasteiger partial charge in [0.1, 0.15) is 17.4 Å². The first-order valence-corrected chi connectivity index (χ1v) is 11.7. The molecule has 1 aromatic heterocycles. The van der Waals surface area contributed by atoms with Crippen LogP contribution in [0.25, 0.3) is 0 Å². The Labute approximate surface area is 191 Å². The van der Waals surface area contributed by atoms with E-state index in [4.69, 9.17) is 9.72 Å². The molecular formula is C24H27BrN2O2S. The number of aryl methyl sites for hydroxylation is 1. The second kappa shape index (κ2) is 10.2. The fourth-order valence-electron chi connectivity index (χ4n) is 3.17. The van der Waals surface area contributed by atoms with Crippen LogP contribution in [0.4, 0.5) is 0 Å². The number of aromatic nitrogens is 1. The highest BCUT2D eigenvalue weighted by Gasteiger charge is 2.19. The number of rotatable bonds is 8. The summed E-state index contributed by atoms with van der Waals surface area (Å²) in [5, 5.41) is 2.92. The van der Waals surface area contributed by atoms with Crippen LogP contribution in [0.1, 0.15) is 46.0 Å². The lowest BCUT2D eigenvalue weighted by molar-refractivity contribution is 0.0720. The molecule has 30 heavy (non-hydrogen) atoms. The normalized spacial score (nSPS) is 11.0. The van der Waals surface area contributed by atoms with Crippen LogP contribution in [0.2, 0.25) is 0 Å². The van der Waals surface area contributed by atoms with Crippen molar-refractivity contribution in [1.82, 2.24) is 9.88 Å². The van der Waals surface area contributed by atoms with Crippen LogP contribution in [0.5, 0.6) is 5.75 Å². The first-order chi connectivity index (χ1) is 14.3. The molecule has 0 bridgehead atoms. The number of hydrogen-bond donors (Lipinski definition) is 0. The highest BCUT2D eigenvalue weighted by atomic mass is 79.9. The summed E-state index contributed by atoms with van der Waals surface area (Å²) in [5.41, 5.74) is 3.93. The van der Waals surface area contributed by atoms with Gasteiger partial charge in [0, 0.05) is 22.0 Å². The van der Waals surface area contributed by atoms with Gasteiger partial charge in [-0.25, -0.2) is 4.98 Å². The maximum atomic E-state index is 13.1. The van der Waals surface area contributed by atoms with Crippen LogP contribution in [-0.2, 0) is 13.2 Å². The summed E-state index contributed by atoms with van der Waals surface area (Å²) in [6.07, 6.45) is 0. The Hall–Kier alpha value is -2.18. The lowest BCUT2D eigenvalue weighted by Gasteiger charge is -2.24. The summed E-state index contributed by atoms with van der Waals surface area (Å²) in [5.74, 6) is 1.27. The van der Waals surface area contributed by atoms with Gasteiger partial charge in [-0.1, -0.05) is 48.0 Å². The Kier molecular flexibility index (Phi) is 7.67. The molecule has 1 amide bonds. The number of amides is 1. The van der Waals surface area contributed by atoms with E-state index in [2.05, 4.69) is 49.7 Å². The third-order valence-corrected chi connectivity index (χ3v) is 6.17. The first-order valence-electron chi connectivity index (χ1n) is 10.0.